The fraction of sp³-hybridized carbons (Fsp3) is 0.440. The van der Waals surface area contributed by atoms with Crippen LogP contribution in [0.15, 0.2) is 49.1 Å². The zero-order valence-corrected chi connectivity index (χ0v) is 25.2. The quantitative estimate of drug-likeness (QED) is 0.128. The van der Waals surface area contributed by atoms with Crippen molar-refractivity contribution in [1.29, 1.82) is 0 Å². The molecule has 2 aromatic carbocycles. The van der Waals surface area contributed by atoms with E-state index in [1.165, 1.54) is 0 Å². The molecule has 0 bridgehead atoms. The zero-order valence-electron chi connectivity index (χ0n) is 20.1. The second kappa shape index (κ2) is 15.6. The van der Waals surface area contributed by atoms with Gasteiger partial charge in [0.2, 0.25) is 0 Å². The molecular weight excluding hydrogens is 566 g/mol. The minimum absolute atomic E-state index is 0. The summed E-state index contributed by atoms with van der Waals surface area (Å²) >= 11 is 14.3. The van der Waals surface area contributed by atoms with Crippen molar-refractivity contribution >= 4 is 46.5 Å². The number of hydrogen-bond acceptors (Lipinski definition) is 5. The van der Waals surface area contributed by atoms with Crippen LogP contribution in [0.25, 0.3) is 5.32 Å². The molecule has 0 fully saturated rings. The van der Waals surface area contributed by atoms with Crippen LogP contribution < -0.4 is 15.2 Å². The molecule has 34 heavy (non-hydrogen) atoms. The van der Waals surface area contributed by atoms with Crippen molar-refractivity contribution in [2.75, 3.05) is 25.5 Å². The molecular formula is C25H34Cl2N3O2SY-. The Morgan fingerprint density at radius 1 is 1.18 bits per heavy atom. The Morgan fingerprint density at radius 3 is 2.41 bits per heavy atom. The summed E-state index contributed by atoms with van der Waals surface area (Å²) in [4.78, 5) is 0. The molecule has 2 aromatic rings. The number of rotatable bonds is 13. The molecule has 1 radical (unpaired) electrons. The third-order valence-corrected chi connectivity index (χ3v) is 6.60. The summed E-state index contributed by atoms with van der Waals surface area (Å²) in [5.74, 6) is 0.723. The first-order valence-electron chi connectivity index (χ1n) is 10.9. The molecule has 0 saturated carbocycles. The number of nitrogens with zero attached hydrogens (tertiary/aromatic N) is 1. The van der Waals surface area contributed by atoms with E-state index in [0.717, 1.165) is 17.7 Å². The number of anilines is 1. The number of benzene rings is 2. The maximum atomic E-state index is 9.85. The number of nitrogen functional groups attached to an aromatic ring is 1. The zero-order chi connectivity index (χ0) is 24.4. The summed E-state index contributed by atoms with van der Waals surface area (Å²) in [7, 11) is 0. The number of hydrogen-bond donors (Lipinski definition) is 3. The van der Waals surface area contributed by atoms with E-state index in [1.54, 1.807) is 24.1 Å². The van der Waals surface area contributed by atoms with Crippen molar-refractivity contribution in [2.45, 2.75) is 44.4 Å². The summed E-state index contributed by atoms with van der Waals surface area (Å²) in [6.45, 7) is 11.2. The Bertz CT molecular complexity index is 895. The molecule has 2 unspecified atom stereocenters. The molecule has 0 amide bonds. The molecule has 2 atom stereocenters. The average molecular weight is 600 g/mol. The molecule has 4 N–H and O–H groups in total. The standard InChI is InChI=1S/C25H34Cl2N3O2S.Y/c1-5-14-32-23-16-22(27)21(26)15-20(23)24(30-33-25(2,3)4)17(11-13-31)10-12-29-19-8-6-18(28)7-9-19;/h5-9,15-17,24,30-31H,1,10-14,28H2,2-4H3;/q-1;. The van der Waals surface area contributed by atoms with Crippen molar-refractivity contribution in [3.05, 3.63) is 70.0 Å². The van der Waals surface area contributed by atoms with Gasteiger partial charge in [0, 0.05) is 67.4 Å². The van der Waals surface area contributed by atoms with Gasteiger partial charge >= 0.3 is 0 Å². The van der Waals surface area contributed by atoms with Gasteiger partial charge in [-0.3, -0.25) is 4.72 Å². The second-order valence-electron chi connectivity index (χ2n) is 8.75. The van der Waals surface area contributed by atoms with E-state index < -0.39 is 0 Å². The van der Waals surface area contributed by atoms with Crippen LogP contribution in [0.4, 0.5) is 11.4 Å². The number of aliphatic hydroxyl groups is 1. The predicted molar refractivity (Wildman–Crippen MR) is 144 cm³/mol. The van der Waals surface area contributed by atoms with E-state index in [-0.39, 0.29) is 56.0 Å². The maximum absolute atomic E-state index is 9.85. The number of ether oxygens (including phenoxy) is 1. The van der Waals surface area contributed by atoms with Gasteiger partial charge in [0.05, 0.1) is 10.0 Å². The molecule has 2 rings (SSSR count). The molecule has 0 aromatic heterocycles. The van der Waals surface area contributed by atoms with Gasteiger partial charge in [0.25, 0.3) is 0 Å². The molecule has 0 aliphatic rings. The molecule has 0 spiro atoms. The van der Waals surface area contributed by atoms with Crippen molar-refractivity contribution in [3.8, 4) is 5.75 Å². The Labute approximate surface area is 243 Å². The Morgan fingerprint density at radius 2 is 1.82 bits per heavy atom. The Hall–Kier alpha value is -0.466. The van der Waals surface area contributed by atoms with Gasteiger partial charge in [-0.25, -0.2) is 0 Å². The van der Waals surface area contributed by atoms with Crippen LogP contribution in [-0.2, 0) is 32.7 Å². The van der Waals surface area contributed by atoms with Gasteiger partial charge in [0.15, 0.2) is 0 Å². The fourth-order valence-electron chi connectivity index (χ4n) is 3.30. The number of nitrogens with two attached hydrogens (primary N) is 1. The van der Waals surface area contributed by atoms with Gasteiger partial charge in [-0.05, 0) is 51.3 Å². The molecule has 9 heteroatoms. The largest absolute Gasteiger partial charge is 0.684 e. The van der Waals surface area contributed by atoms with Crippen molar-refractivity contribution < 1.29 is 42.6 Å². The summed E-state index contributed by atoms with van der Waals surface area (Å²) in [5, 5.41) is 15.4. The van der Waals surface area contributed by atoms with Crippen LogP contribution in [0, 0.1) is 5.92 Å². The van der Waals surface area contributed by atoms with Gasteiger partial charge < -0.3 is 20.9 Å². The topological polar surface area (TPSA) is 81.6 Å². The number of aliphatic hydroxyl groups excluding tert-OH is 1. The van der Waals surface area contributed by atoms with Gasteiger partial charge in [-0.1, -0.05) is 66.4 Å². The Kier molecular flexibility index (Phi) is 14.5. The Balaban J connectivity index is 0.00000578. The molecule has 0 aliphatic heterocycles. The van der Waals surface area contributed by atoms with Gasteiger partial charge in [0.1, 0.15) is 12.4 Å². The molecule has 0 saturated heterocycles. The summed E-state index contributed by atoms with van der Waals surface area (Å²) in [6.07, 6.45) is 3.05. The van der Waals surface area contributed by atoms with Crippen LogP contribution in [-0.4, -0.2) is 29.6 Å². The summed E-state index contributed by atoms with van der Waals surface area (Å²) < 4.78 is 9.54. The van der Waals surface area contributed by atoms with E-state index in [1.807, 2.05) is 30.3 Å². The third-order valence-electron chi connectivity index (χ3n) is 4.90. The molecule has 5 nitrogen and oxygen atoms in total. The minimum Gasteiger partial charge on any atom is -0.684 e. The fourth-order valence-corrected chi connectivity index (χ4v) is 4.42. The monoisotopic (exact) mass is 599 g/mol. The van der Waals surface area contributed by atoms with E-state index in [2.05, 4.69) is 32.1 Å². The number of halogens is 2. The molecule has 0 aliphatic carbocycles. The van der Waals surface area contributed by atoms with E-state index in [9.17, 15) is 5.11 Å². The van der Waals surface area contributed by atoms with Crippen molar-refractivity contribution in [1.82, 2.24) is 4.72 Å². The third kappa shape index (κ3) is 10.7. The summed E-state index contributed by atoms with van der Waals surface area (Å²) in [5.41, 5.74) is 8.26. The van der Waals surface area contributed by atoms with Crippen LogP contribution >= 0.6 is 35.1 Å². The van der Waals surface area contributed by atoms with Crippen molar-refractivity contribution in [2.24, 2.45) is 5.92 Å². The predicted octanol–water partition coefficient (Wildman–Crippen LogP) is 7.31. The number of nitrogens with one attached hydrogen (secondary N) is 1. The minimum atomic E-state index is -0.141. The van der Waals surface area contributed by atoms with E-state index >= 15 is 0 Å². The van der Waals surface area contributed by atoms with Crippen LogP contribution in [0.2, 0.25) is 10.0 Å². The maximum Gasteiger partial charge on any atom is 0.126 e. The van der Waals surface area contributed by atoms with Crippen molar-refractivity contribution in [3.63, 3.8) is 0 Å². The first-order valence-corrected chi connectivity index (χ1v) is 12.5. The van der Waals surface area contributed by atoms with E-state index in [0.29, 0.717) is 41.1 Å². The van der Waals surface area contributed by atoms with Crippen LogP contribution in [0.3, 0.4) is 0 Å². The average Bonchev–Trinajstić information content (AvgIpc) is 2.75. The normalized spacial score (nSPS) is 13.0. The first-order chi connectivity index (χ1) is 15.6. The first kappa shape index (κ1) is 31.6. The van der Waals surface area contributed by atoms with Gasteiger partial charge in [-0.15, -0.1) is 12.2 Å². The van der Waals surface area contributed by atoms with E-state index in [4.69, 9.17) is 39.0 Å². The van der Waals surface area contributed by atoms with Crippen LogP contribution in [0.1, 0.15) is 45.2 Å². The summed E-state index contributed by atoms with van der Waals surface area (Å²) in [6, 6.07) is 10.9. The SMILES string of the molecule is C=CCOc1cc(Cl)c(Cl)cc1C(NSC(C)(C)C)C(CCO)CC[N-]c1ccc(N)cc1.[Y]. The van der Waals surface area contributed by atoms with Gasteiger partial charge in [-0.2, -0.15) is 0 Å². The molecule has 185 valence electrons. The molecule has 0 heterocycles. The second-order valence-corrected chi connectivity index (χ2v) is 11.2. The smallest absolute Gasteiger partial charge is 0.126 e. The van der Waals surface area contributed by atoms with Crippen LogP contribution in [0.5, 0.6) is 5.75 Å².